The number of hydrogen-bond acceptors (Lipinski definition) is 3. The van der Waals surface area contributed by atoms with Crippen LogP contribution >= 0.6 is 11.6 Å². The summed E-state index contributed by atoms with van der Waals surface area (Å²) in [5.74, 6) is -3.83. The zero-order valence-electron chi connectivity index (χ0n) is 19.4. The van der Waals surface area contributed by atoms with E-state index in [1.54, 1.807) is 35.2 Å². The van der Waals surface area contributed by atoms with Crippen LogP contribution in [0.1, 0.15) is 59.2 Å². The third kappa shape index (κ3) is 5.88. The standard InChI is InChI=1S/C27H26ClF2N3O2/c1-17-11-23(28)14-22(24(17)32-25(34)20-4-2-3-19(13-20)16-31)12-18-6-9-33(10-7-18)26(35)21-5-8-27(29,30)15-21/h2-4,11-14,21H,5-10,15H2,1H3,(H,32,34). The van der Waals surface area contributed by atoms with Gasteiger partial charge in [0.25, 0.3) is 5.91 Å². The zero-order chi connectivity index (χ0) is 25.2. The first kappa shape index (κ1) is 24.9. The van der Waals surface area contributed by atoms with Gasteiger partial charge in [0, 0.05) is 42.4 Å². The average molecular weight is 498 g/mol. The van der Waals surface area contributed by atoms with Gasteiger partial charge in [0.15, 0.2) is 0 Å². The molecule has 0 radical (unpaired) electrons. The molecule has 1 saturated heterocycles. The van der Waals surface area contributed by atoms with Crippen LogP contribution in [0.5, 0.6) is 0 Å². The molecule has 4 rings (SSSR count). The Labute approximate surface area is 208 Å². The monoisotopic (exact) mass is 497 g/mol. The topological polar surface area (TPSA) is 73.2 Å². The third-order valence-corrected chi connectivity index (χ3v) is 6.87. The third-order valence-electron chi connectivity index (χ3n) is 6.65. The zero-order valence-corrected chi connectivity index (χ0v) is 20.2. The van der Waals surface area contributed by atoms with E-state index in [4.69, 9.17) is 16.9 Å². The number of rotatable bonds is 4. The van der Waals surface area contributed by atoms with Gasteiger partial charge < -0.3 is 10.2 Å². The predicted molar refractivity (Wildman–Crippen MR) is 131 cm³/mol. The lowest BCUT2D eigenvalue weighted by Crippen LogP contribution is -2.39. The quantitative estimate of drug-likeness (QED) is 0.545. The summed E-state index contributed by atoms with van der Waals surface area (Å²) in [6.07, 6.45) is 2.90. The lowest BCUT2D eigenvalue weighted by atomic mass is 9.97. The van der Waals surface area contributed by atoms with Gasteiger partial charge in [-0.2, -0.15) is 5.26 Å². The molecule has 1 aliphatic carbocycles. The van der Waals surface area contributed by atoms with Gasteiger partial charge in [-0.25, -0.2) is 8.78 Å². The molecule has 2 aromatic carbocycles. The van der Waals surface area contributed by atoms with Gasteiger partial charge in [-0.05, 0) is 67.6 Å². The van der Waals surface area contributed by atoms with Crippen molar-refractivity contribution in [1.29, 1.82) is 5.26 Å². The maximum atomic E-state index is 13.5. The van der Waals surface area contributed by atoms with Gasteiger partial charge in [0.2, 0.25) is 11.8 Å². The summed E-state index contributed by atoms with van der Waals surface area (Å²) in [5.41, 5.74) is 4.04. The van der Waals surface area contributed by atoms with Crippen molar-refractivity contribution in [3.63, 3.8) is 0 Å². The second-order valence-electron chi connectivity index (χ2n) is 9.26. The molecule has 1 unspecified atom stereocenters. The fraction of sp³-hybridized carbons (Fsp3) is 0.370. The Morgan fingerprint density at radius 1 is 1.23 bits per heavy atom. The maximum absolute atomic E-state index is 13.5. The fourth-order valence-corrected chi connectivity index (χ4v) is 5.05. The first-order valence-corrected chi connectivity index (χ1v) is 12.0. The van der Waals surface area contributed by atoms with Crippen LogP contribution < -0.4 is 5.32 Å². The van der Waals surface area contributed by atoms with E-state index in [9.17, 15) is 18.4 Å². The van der Waals surface area contributed by atoms with Crippen LogP contribution in [-0.2, 0) is 4.79 Å². The number of nitriles is 1. The molecule has 1 saturated carbocycles. The average Bonchev–Trinajstić information content (AvgIpc) is 3.20. The first-order valence-electron chi connectivity index (χ1n) is 11.6. The van der Waals surface area contributed by atoms with Crippen LogP contribution in [0.3, 0.4) is 0 Å². The molecular formula is C27H26ClF2N3O2. The Morgan fingerprint density at radius 3 is 2.63 bits per heavy atom. The molecule has 0 bridgehead atoms. The fourth-order valence-electron chi connectivity index (χ4n) is 4.77. The summed E-state index contributed by atoms with van der Waals surface area (Å²) >= 11 is 6.30. The van der Waals surface area contributed by atoms with Gasteiger partial charge in [-0.15, -0.1) is 0 Å². The molecule has 2 aromatic rings. The SMILES string of the molecule is Cc1cc(Cl)cc(C=C2CCN(C(=O)C3CCC(F)(F)C3)CC2)c1NC(=O)c1cccc(C#N)c1. The molecule has 2 amide bonds. The smallest absolute Gasteiger partial charge is 0.255 e. The first-order chi connectivity index (χ1) is 16.6. The van der Waals surface area contributed by atoms with Crippen molar-refractivity contribution < 1.29 is 18.4 Å². The van der Waals surface area contributed by atoms with Crippen molar-refractivity contribution in [2.45, 2.75) is 45.0 Å². The molecule has 2 fully saturated rings. The molecule has 8 heteroatoms. The molecule has 1 aliphatic heterocycles. The number of nitrogens with zero attached hydrogens (tertiary/aromatic N) is 2. The van der Waals surface area contributed by atoms with Gasteiger partial charge in [-0.1, -0.05) is 29.3 Å². The van der Waals surface area contributed by atoms with Crippen molar-refractivity contribution in [1.82, 2.24) is 4.90 Å². The Hall–Kier alpha value is -3.24. The number of nitrogens with one attached hydrogen (secondary N) is 1. The molecule has 1 N–H and O–H groups in total. The normalized spacial score (nSPS) is 19.2. The van der Waals surface area contributed by atoms with Gasteiger partial charge in [0.05, 0.1) is 17.3 Å². The van der Waals surface area contributed by atoms with Crippen molar-refractivity contribution in [3.8, 4) is 6.07 Å². The Bertz CT molecular complexity index is 1230. The second-order valence-corrected chi connectivity index (χ2v) is 9.69. The van der Waals surface area contributed by atoms with Gasteiger partial charge in [-0.3, -0.25) is 9.59 Å². The predicted octanol–water partition coefficient (Wildman–Crippen LogP) is 6.21. The summed E-state index contributed by atoms with van der Waals surface area (Å²) in [5, 5.41) is 12.6. The lowest BCUT2D eigenvalue weighted by molar-refractivity contribution is -0.136. The number of likely N-dealkylation sites (tertiary alicyclic amines) is 1. The number of piperidine rings is 1. The lowest BCUT2D eigenvalue weighted by Gasteiger charge is -2.31. The minimum atomic E-state index is -2.73. The minimum absolute atomic E-state index is 0.174. The number of carbonyl (C=O) groups excluding carboxylic acids is 2. The van der Waals surface area contributed by atoms with Crippen LogP contribution in [-0.4, -0.2) is 35.7 Å². The summed E-state index contributed by atoms with van der Waals surface area (Å²) in [7, 11) is 0. The number of anilines is 1. The number of halogens is 3. The molecule has 35 heavy (non-hydrogen) atoms. The summed E-state index contributed by atoms with van der Waals surface area (Å²) < 4.78 is 27.1. The molecule has 0 aromatic heterocycles. The highest BCUT2D eigenvalue weighted by molar-refractivity contribution is 6.31. The van der Waals surface area contributed by atoms with Crippen molar-refractivity contribution >= 4 is 35.2 Å². The van der Waals surface area contributed by atoms with E-state index in [0.717, 1.165) is 16.7 Å². The summed E-state index contributed by atoms with van der Waals surface area (Å²) in [6.45, 7) is 2.82. The summed E-state index contributed by atoms with van der Waals surface area (Å²) in [6, 6.07) is 12.1. The van der Waals surface area contributed by atoms with E-state index < -0.39 is 11.8 Å². The van der Waals surface area contributed by atoms with Crippen molar-refractivity contribution in [2.75, 3.05) is 18.4 Å². The number of hydrogen-bond donors (Lipinski definition) is 1. The summed E-state index contributed by atoms with van der Waals surface area (Å²) in [4.78, 5) is 27.3. The van der Waals surface area contributed by atoms with Crippen molar-refractivity contribution in [2.24, 2.45) is 5.92 Å². The van der Waals surface area contributed by atoms with E-state index in [1.807, 2.05) is 19.1 Å². The Kier molecular flexibility index (Phi) is 7.23. The van der Waals surface area contributed by atoms with Crippen LogP contribution in [0.2, 0.25) is 5.02 Å². The van der Waals surface area contributed by atoms with Crippen LogP contribution in [0.25, 0.3) is 6.08 Å². The highest BCUT2D eigenvalue weighted by Gasteiger charge is 2.43. The number of carbonyl (C=O) groups is 2. The Morgan fingerprint density at radius 2 is 1.97 bits per heavy atom. The number of amides is 2. The molecule has 1 heterocycles. The molecule has 182 valence electrons. The second kappa shape index (κ2) is 10.2. The van der Waals surface area contributed by atoms with Gasteiger partial charge in [0.1, 0.15) is 0 Å². The molecular weight excluding hydrogens is 472 g/mol. The number of benzene rings is 2. The molecule has 0 spiro atoms. The molecule has 2 aliphatic rings. The number of alkyl halides is 2. The van der Waals surface area contributed by atoms with Crippen LogP contribution in [0.15, 0.2) is 42.0 Å². The number of aryl methyl sites for hydroxylation is 1. The van der Waals surface area contributed by atoms with E-state index in [1.165, 1.54) is 6.07 Å². The van der Waals surface area contributed by atoms with E-state index in [0.29, 0.717) is 47.8 Å². The Balaban J connectivity index is 1.48. The van der Waals surface area contributed by atoms with Crippen molar-refractivity contribution in [3.05, 3.63) is 69.2 Å². The van der Waals surface area contributed by atoms with E-state index in [-0.39, 0.29) is 31.1 Å². The van der Waals surface area contributed by atoms with E-state index in [2.05, 4.69) is 5.32 Å². The molecule has 5 nitrogen and oxygen atoms in total. The van der Waals surface area contributed by atoms with Crippen LogP contribution in [0.4, 0.5) is 14.5 Å². The minimum Gasteiger partial charge on any atom is -0.342 e. The van der Waals surface area contributed by atoms with Crippen LogP contribution in [0, 0.1) is 24.2 Å². The van der Waals surface area contributed by atoms with Gasteiger partial charge >= 0.3 is 0 Å². The molecule has 1 atom stereocenters. The highest BCUT2D eigenvalue weighted by atomic mass is 35.5. The van der Waals surface area contributed by atoms with E-state index >= 15 is 0 Å². The largest absolute Gasteiger partial charge is 0.342 e. The maximum Gasteiger partial charge on any atom is 0.255 e. The highest BCUT2D eigenvalue weighted by Crippen LogP contribution is 2.40.